The number of nitrogens with two attached hydrogens (primary N) is 1. The fourth-order valence-electron chi connectivity index (χ4n) is 2.39. The number of rotatable bonds is 1. The smallest absolute Gasteiger partial charge is 0.267 e. The van der Waals surface area contributed by atoms with Crippen molar-refractivity contribution in [2.45, 2.75) is 6.92 Å². The van der Waals surface area contributed by atoms with Gasteiger partial charge < -0.3 is 5.73 Å². The summed E-state index contributed by atoms with van der Waals surface area (Å²) in [5.74, 6) is -0.760. The third-order valence-corrected chi connectivity index (χ3v) is 3.64. The van der Waals surface area contributed by atoms with Crippen molar-refractivity contribution in [2.75, 3.05) is 10.6 Å². The second-order valence-corrected chi connectivity index (χ2v) is 5.06. The summed E-state index contributed by atoms with van der Waals surface area (Å²) in [6.45, 7) is 1.80. The fraction of sp³-hybridized carbons (Fsp3) is 0.0667. The molecule has 0 unspecified atom stereocenters. The first kappa shape index (κ1) is 12.7. The minimum atomic E-state index is -0.400. The number of amides is 2. The first-order chi connectivity index (χ1) is 9.50. The number of fused-ring (bicyclic) bond motifs is 1. The Morgan fingerprint density at radius 3 is 2.50 bits per heavy atom. The lowest BCUT2D eigenvalue weighted by atomic mass is 10.1. The molecule has 0 fully saturated rings. The summed E-state index contributed by atoms with van der Waals surface area (Å²) in [4.78, 5) is 26.0. The molecule has 1 aliphatic heterocycles. The van der Waals surface area contributed by atoms with Crippen molar-refractivity contribution in [1.82, 2.24) is 0 Å². The number of imide groups is 1. The van der Waals surface area contributed by atoms with Gasteiger partial charge in [0.15, 0.2) is 0 Å². The van der Waals surface area contributed by atoms with Gasteiger partial charge in [0.05, 0.1) is 21.8 Å². The number of benzene rings is 2. The molecule has 2 N–H and O–H groups in total. The van der Waals surface area contributed by atoms with Gasteiger partial charge in [-0.3, -0.25) is 9.59 Å². The van der Waals surface area contributed by atoms with Crippen LogP contribution in [0.5, 0.6) is 0 Å². The average molecular weight is 287 g/mol. The van der Waals surface area contributed by atoms with Crippen LogP contribution in [-0.4, -0.2) is 11.8 Å². The molecule has 3 rings (SSSR count). The number of nitrogen functional groups attached to an aromatic ring is 1. The van der Waals surface area contributed by atoms with Crippen LogP contribution in [0.4, 0.5) is 11.4 Å². The zero-order chi connectivity index (χ0) is 14.4. The molecular formula is C15H11ClN2O2. The number of anilines is 2. The average Bonchev–Trinajstić information content (AvgIpc) is 2.64. The third kappa shape index (κ3) is 1.69. The summed E-state index contributed by atoms with van der Waals surface area (Å²) in [5, 5.41) is 0.288. The Bertz CT molecular complexity index is 756. The van der Waals surface area contributed by atoms with E-state index >= 15 is 0 Å². The zero-order valence-corrected chi connectivity index (χ0v) is 11.4. The van der Waals surface area contributed by atoms with Gasteiger partial charge in [0, 0.05) is 5.69 Å². The first-order valence-electron chi connectivity index (χ1n) is 6.04. The van der Waals surface area contributed by atoms with Gasteiger partial charge in [-0.15, -0.1) is 0 Å². The van der Waals surface area contributed by atoms with Crippen LogP contribution in [0.15, 0.2) is 36.4 Å². The van der Waals surface area contributed by atoms with Gasteiger partial charge in [-0.2, -0.15) is 0 Å². The second kappa shape index (κ2) is 4.35. The van der Waals surface area contributed by atoms with Crippen LogP contribution in [0.3, 0.4) is 0 Å². The molecule has 100 valence electrons. The van der Waals surface area contributed by atoms with Crippen LogP contribution in [-0.2, 0) is 0 Å². The molecule has 0 saturated heterocycles. The molecule has 0 radical (unpaired) electrons. The predicted octanol–water partition coefficient (Wildman–Crippen LogP) is 3.03. The summed E-state index contributed by atoms with van der Waals surface area (Å²) in [5.41, 5.74) is 8.16. The van der Waals surface area contributed by atoms with Gasteiger partial charge in [0.1, 0.15) is 0 Å². The SMILES string of the molecule is Cc1cc(N)ccc1N1C(=O)c2cccc(Cl)c2C1=O. The lowest BCUT2D eigenvalue weighted by Gasteiger charge is -2.16. The lowest BCUT2D eigenvalue weighted by Crippen LogP contribution is -2.30. The van der Waals surface area contributed by atoms with E-state index in [1.54, 1.807) is 43.3 Å². The van der Waals surface area contributed by atoms with Crippen LogP contribution in [0.1, 0.15) is 26.3 Å². The van der Waals surface area contributed by atoms with E-state index in [9.17, 15) is 9.59 Å². The van der Waals surface area contributed by atoms with E-state index in [4.69, 9.17) is 17.3 Å². The molecule has 0 saturated carbocycles. The zero-order valence-electron chi connectivity index (χ0n) is 10.7. The highest BCUT2D eigenvalue weighted by molar-refractivity contribution is 6.42. The Morgan fingerprint density at radius 2 is 1.85 bits per heavy atom. The summed E-state index contributed by atoms with van der Waals surface area (Å²) in [7, 11) is 0. The Balaban J connectivity index is 2.17. The number of carbonyl (C=O) groups excluding carboxylic acids is 2. The molecule has 2 amide bonds. The number of hydrogen-bond donors (Lipinski definition) is 1. The van der Waals surface area contributed by atoms with Crippen molar-refractivity contribution >= 4 is 34.8 Å². The highest BCUT2D eigenvalue weighted by atomic mass is 35.5. The van der Waals surface area contributed by atoms with Crippen molar-refractivity contribution in [2.24, 2.45) is 0 Å². The summed E-state index contributed by atoms with van der Waals surface area (Å²) in [6, 6.07) is 9.92. The molecule has 2 aromatic carbocycles. The normalized spacial score (nSPS) is 13.8. The molecule has 1 heterocycles. The molecule has 1 aliphatic rings. The number of hydrogen-bond acceptors (Lipinski definition) is 3. The van der Waals surface area contributed by atoms with Crippen molar-refractivity contribution in [3.63, 3.8) is 0 Å². The lowest BCUT2D eigenvalue weighted by molar-refractivity contribution is 0.0926. The third-order valence-electron chi connectivity index (χ3n) is 3.33. The van der Waals surface area contributed by atoms with E-state index < -0.39 is 5.91 Å². The molecule has 2 aromatic rings. The maximum atomic E-state index is 12.5. The van der Waals surface area contributed by atoms with Gasteiger partial charge in [0.2, 0.25) is 0 Å². The maximum Gasteiger partial charge on any atom is 0.267 e. The van der Waals surface area contributed by atoms with Crippen molar-refractivity contribution < 1.29 is 9.59 Å². The first-order valence-corrected chi connectivity index (χ1v) is 6.42. The largest absolute Gasteiger partial charge is 0.399 e. The number of nitrogens with zero attached hydrogens (tertiary/aromatic N) is 1. The Kier molecular flexibility index (Phi) is 2.76. The van der Waals surface area contributed by atoms with Crippen LogP contribution >= 0.6 is 11.6 Å². The quantitative estimate of drug-likeness (QED) is 0.647. The molecule has 0 atom stereocenters. The highest BCUT2D eigenvalue weighted by Gasteiger charge is 2.38. The Hall–Kier alpha value is -2.33. The van der Waals surface area contributed by atoms with Crippen molar-refractivity contribution in [1.29, 1.82) is 0 Å². The van der Waals surface area contributed by atoms with Gasteiger partial charge in [-0.25, -0.2) is 4.90 Å². The molecule has 0 bridgehead atoms. The van der Waals surface area contributed by atoms with Crippen molar-refractivity contribution in [3.05, 3.63) is 58.1 Å². The number of halogens is 1. The number of aryl methyl sites for hydroxylation is 1. The summed E-state index contributed by atoms with van der Waals surface area (Å²) in [6.07, 6.45) is 0. The summed E-state index contributed by atoms with van der Waals surface area (Å²) >= 11 is 6.03. The van der Waals surface area contributed by atoms with E-state index in [0.717, 1.165) is 10.5 Å². The van der Waals surface area contributed by atoms with Gasteiger partial charge in [-0.1, -0.05) is 17.7 Å². The number of carbonyl (C=O) groups is 2. The molecule has 20 heavy (non-hydrogen) atoms. The monoisotopic (exact) mass is 286 g/mol. The van der Waals surface area contributed by atoms with Crippen LogP contribution in [0, 0.1) is 6.92 Å². The van der Waals surface area contributed by atoms with Crippen LogP contribution < -0.4 is 10.6 Å². The van der Waals surface area contributed by atoms with E-state index in [1.807, 2.05) is 0 Å². The molecule has 0 aromatic heterocycles. The van der Waals surface area contributed by atoms with E-state index in [-0.39, 0.29) is 16.5 Å². The maximum absolute atomic E-state index is 12.5. The molecular weight excluding hydrogens is 276 g/mol. The standard InChI is InChI=1S/C15H11ClN2O2/c1-8-7-9(17)5-6-12(8)18-14(19)10-3-2-4-11(16)13(10)15(18)20/h2-7H,17H2,1H3. The molecule has 0 aliphatic carbocycles. The second-order valence-electron chi connectivity index (χ2n) is 4.65. The van der Waals surface area contributed by atoms with Crippen molar-refractivity contribution in [3.8, 4) is 0 Å². The van der Waals surface area contributed by atoms with E-state index in [0.29, 0.717) is 16.9 Å². The predicted molar refractivity (Wildman–Crippen MR) is 78.2 cm³/mol. The minimum absolute atomic E-state index is 0.260. The van der Waals surface area contributed by atoms with Gasteiger partial charge >= 0.3 is 0 Å². The Labute approximate surface area is 120 Å². The molecule has 0 spiro atoms. The molecule has 4 nitrogen and oxygen atoms in total. The van der Waals surface area contributed by atoms with E-state index in [2.05, 4.69) is 0 Å². The van der Waals surface area contributed by atoms with Crippen LogP contribution in [0.25, 0.3) is 0 Å². The van der Waals surface area contributed by atoms with Gasteiger partial charge in [0.25, 0.3) is 11.8 Å². The van der Waals surface area contributed by atoms with Gasteiger partial charge in [-0.05, 0) is 42.8 Å². The minimum Gasteiger partial charge on any atom is -0.399 e. The topological polar surface area (TPSA) is 63.4 Å². The fourth-order valence-corrected chi connectivity index (χ4v) is 2.65. The highest BCUT2D eigenvalue weighted by Crippen LogP contribution is 2.34. The van der Waals surface area contributed by atoms with Crippen LogP contribution in [0.2, 0.25) is 5.02 Å². The summed E-state index contributed by atoms with van der Waals surface area (Å²) < 4.78 is 0. The van der Waals surface area contributed by atoms with E-state index in [1.165, 1.54) is 0 Å². The Morgan fingerprint density at radius 1 is 1.10 bits per heavy atom. The molecule has 5 heteroatoms.